The van der Waals surface area contributed by atoms with Crippen LogP contribution in [-0.2, 0) is 0 Å². The number of benzene rings is 5. The molecule has 0 N–H and O–H groups in total. The van der Waals surface area contributed by atoms with Crippen molar-refractivity contribution in [2.75, 3.05) is 0 Å². The Morgan fingerprint density at radius 2 is 1.50 bits per heavy atom. The van der Waals surface area contributed by atoms with Gasteiger partial charge in [0.15, 0.2) is 5.58 Å². The molecule has 2 heterocycles. The van der Waals surface area contributed by atoms with Crippen molar-refractivity contribution >= 4 is 27.4 Å². The molecule has 4 heteroatoms. The Hall–Kier alpha value is -6.05. The number of nitrogens with zero attached hydrogens (tertiary/aromatic N) is 3. The van der Waals surface area contributed by atoms with Gasteiger partial charge in [-0.3, -0.25) is 4.98 Å². The monoisotopic (exact) mass is 593 g/mol. The Labute approximate surface area is 268 Å². The molecule has 1 unspecified atom stereocenters. The van der Waals surface area contributed by atoms with Crippen LogP contribution in [0.25, 0.3) is 61.0 Å². The Morgan fingerprint density at radius 1 is 0.761 bits per heavy atom. The molecule has 0 aliphatic carbocycles. The van der Waals surface area contributed by atoms with Gasteiger partial charge in [0.05, 0.1) is 17.3 Å². The van der Waals surface area contributed by atoms with E-state index in [1.165, 1.54) is 10.9 Å². The second-order valence-corrected chi connectivity index (χ2v) is 11.3. The minimum Gasteiger partial charge on any atom is -0.436 e. The van der Waals surface area contributed by atoms with Crippen LogP contribution in [0.3, 0.4) is 0 Å². The summed E-state index contributed by atoms with van der Waals surface area (Å²) in [5.41, 5.74) is 10.6. The van der Waals surface area contributed by atoms with E-state index in [4.69, 9.17) is 4.42 Å². The Kier molecular flexibility index (Phi) is 7.81. The molecule has 0 bridgehead atoms. The molecule has 46 heavy (non-hydrogen) atoms. The summed E-state index contributed by atoms with van der Waals surface area (Å²) in [6.45, 7) is 4.21. The maximum atomic E-state index is 9.97. The number of para-hydroxylation sites is 2. The normalized spacial score (nSPS) is 12.5. The summed E-state index contributed by atoms with van der Waals surface area (Å²) in [6, 6.07) is 43.5. The average Bonchev–Trinajstić information content (AvgIpc) is 3.56. The second-order valence-electron chi connectivity index (χ2n) is 11.3. The molecule has 0 spiro atoms. The molecule has 1 atom stereocenters. The topological polar surface area (TPSA) is 62.7 Å². The Bertz CT molecular complexity index is 2250. The summed E-state index contributed by atoms with van der Waals surface area (Å²) in [4.78, 5) is 9.15. The Morgan fingerprint density at radius 3 is 2.26 bits per heavy atom. The van der Waals surface area contributed by atoms with Crippen LogP contribution >= 0.6 is 0 Å². The molecule has 2 aromatic heterocycles. The number of aromatic nitrogens is 2. The third-order valence-electron chi connectivity index (χ3n) is 8.42. The first-order valence-corrected chi connectivity index (χ1v) is 15.4. The molecule has 0 aliphatic rings. The molecule has 0 fully saturated rings. The largest absolute Gasteiger partial charge is 0.436 e. The fraction of sp³-hybridized carbons (Fsp3) is 0.0714. The molecule has 7 aromatic rings. The summed E-state index contributed by atoms with van der Waals surface area (Å²) in [5, 5.41) is 12.3. The van der Waals surface area contributed by atoms with Crippen LogP contribution in [0, 0.1) is 11.3 Å². The maximum absolute atomic E-state index is 9.97. The number of allylic oxidation sites excluding steroid dienone is 4. The second kappa shape index (κ2) is 12.5. The number of pyridine rings is 1. The van der Waals surface area contributed by atoms with Crippen LogP contribution in [-0.4, -0.2) is 9.97 Å². The first-order chi connectivity index (χ1) is 22.6. The van der Waals surface area contributed by atoms with E-state index < -0.39 is 0 Å². The van der Waals surface area contributed by atoms with Gasteiger partial charge in [-0.15, -0.1) is 0 Å². The van der Waals surface area contributed by atoms with Crippen LogP contribution in [0.2, 0.25) is 0 Å². The molecule has 7 rings (SSSR count). The smallest absolute Gasteiger partial charge is 0.226 e. The van der Waals surface area contributed by atoms with Crippen LogP contribution in [0.1, 0.15) is 36.8 Å². The van der Waals surface area contributed by atoms with Crippen molar-refractivity contribution < 1.29 is 4.42 Å². The third-order valence-corrected chi connectivity index (χ3v) is 8.42. The van der Waals surface area contributed by atoms with E-state index in [2.05, 4.69) is 102 Å². The highest BCUT2D eigenvalue weighted by atomic mass is 16.3. The van der Waals surface area contributed by atoms with Crippen LogP contribution < -0.4 is 0 Å². The summed E-state index contributed by atoms with van der Waals surface area (Å²) in [7, 11) is 0. The molecule has 0 radical (unpaired) electrons. The van der Waals surface area contributed by atoms with Gasteiger partial charge in [-0.2, -0.15) is 5.26 Å². The van der Waals surface area contributed by atoms with E-state index in [1.54, 1.807) is 6.20 Å². The number of fused-ring (bicyclic) bond motifs is 2. The molecule has 0 saturated carbocycles. The van der Waals surface area contributed by atoms with Gasteiger partial charge in [0, 0.05) is 17.3 Å². The fourth-order valence-corrected chi connectivity index (χ4v) is 5.99. The predicted molar refractivity (Wildman–Crippen MR) is 188 cm³/mol. The van der Waals surface area contributed by atoms with Gasteiger partial charge in [0.25, 0.3) is 0 Å². The third kappa shape index (κ3) is 5.63. The standard InChI is InChI=1S/C42H31N3O/c1-3-30(42-45-40-13-6-7-14-41(40)46-42)16-15-28(2)35-21-22-36(38-11-5-4-10-37(35)38)34-25-29(27-43)24-33(26-34)31-17-19-32(20-18-31)39-12-8-9-23-44-39/h3-26,28H,1-2H3/b16-15-,30-3+. The lowest BCUT2D eigenvalue weighted by atomic mass is 9.88. The van der Waals surface area contributed by atoms with Gasteiger partial charge in [-0.25, -0.2) is 4.98 Å². The SMILES string of the molecule is C/C=C(\C=C/C(C)c1ccc(-c2cc(C#N)cc(-c3ccc(-c4ccccn4)cc3)c2)c2ccccc12)c1nc2ccccc2o1. The van der Waals surface area contributed by atoms with E-state index in [0.717, 1.165) is 55.6 Å². The van der Waals surface area contributed by atoms with E-state index in [0.29, 0.717) is 11.5 Å². The van der Waals surface area contributed by atoms with Crippen LogP contribution in [0.5, 0.6) is 0 Å². The molecule has 0 amide bonds. The molecule has 220 valence electrons. The summed E-state index contributed by atoms with van der Waals surface area (Å²) in [5.74, 6) is 0.754. The summed E-state index contributed by atoms with van der Waals surface area (Å²) in [6.07, 6.45) is 8.13. The lowest BCUT2D eigenvalue weighted by molar-refractivity contribution is 0.585. The molecule has 5 aromatic carbocycles. The van der Waals surface area contributed by atoms with E-state index >= 15 is 0 Å². The number of oxazole rings is 1. The van der Waals surface area contributed by atoms with Crippen molar-refractivity contribution in [1.82, 2.24) is 9.97 Å². The van der Waals surface area contributed by atoms with Crippen molar-refractivity contribution in [2.45, 2.75) is 19.8 Å². The summed E-state index contributed by atoms with van der Waals surface area (Å²) < 4.78 is 6.02. The first kappa shape index (κ1) is 28.7. The van der Waals surface area contributed by atoms with E-state index in [1.807, 2.05) is 67.6 Å². The van der Waals surface area contributed by atoms with E-state index in [9.17, 15) is 5.26 Å². The van der Waals surface area contributed by atoms with Gasteiger partial charge in [-0.1, -0.05) is 104 Å². The highest BCUT2D eigenvalue weighted by Gasteiger charge is 2.14. The van der Waals surface area contributed by atoms with Crippen molar-refractivity contribution in [3.05, 3.63) is 163 Å². The number of rotatable bonds is 7. The zero-order valence-electron chi connectivity index (χ0n) is 25.7. The van der Waals surface area contributed by atoms with Crippen molar-refractivity contribution in [2.24, 2.45) is 0 Å². The first-order valence-electron chi connectivity index (χ1n) is 15.4. The van der Waals surface area contributed by atoms with Gasteiger partial charge < -0.3 is 4.42 Å². The zero-order chi connectivity index (χ0) is 31.5. The molecule has 0 saturated heterocycles. The number of hydrogen-bond donors (Lipinski definition) is 0. The van der Waals surface area contributed by atoms with Gasteiger partial charge in [0.2, 0.25) is 5.89 Å². The minimum atomic E-state index is 0.136. The molecule has 0 aliphatic heterocycles. The fourth-order valence-electron chi connectivity index (χ4n) is 5.99. The van der Waals surface area contributed by atoms with E-state index in [-0.39, 0.29) is 5.92 Å². The highest BCUT2D eigenvalue weighted by molar-refractivity contribution is 5.99. The average molecular weight is 594 g/mol. The van der Waals surface area contributed by atoms with Gasteiger partial charge in [-0.05, 0) is 93.9 Å². The maximum Gasteiger partial charge on any atom is 0.226 e. The lowest BCUT2D eigenvalue weighted by Gasteiger charge is -2.16. The lowest BCUT2D eigenvalue weighted by Crippen LogP contribution is -1.94. The van der Waals surface area contributed by atoms with Crippen LogP contribution in [0.4, 0.5) is 0 Å². The predicted octanol–water partition coefficient (Wildman–Crippen LogP) is 11.0. The van der Waals surface area contributed by atoms with Gasteiger partial charge >= 0.3 is 0 Å². The minimum absolute atomic E-state index is 0.136. The highest BCUT2D eigenvalue weighted by Crippen LogP contribution is 2.37. The zero-order valence-corrected chi connectivity index (χ0v) is 25.7. The van der Waals surface area contributed by atoms with Crippen molar-refractivity contribution in [3.8, 4) is 39.6 Å². The molecular formula is C42H31N3O. The van der Waals surface area contributed by atoms with Gasteiger partial charge in [0.1, 0.15) is 5.52 Å². The quantitative estimate of drug-likeness (QED) is 0.172. The molecular weight excluding hydrogens is 562 g/mol. The molecule has 4 nitrogen and oxygen atoms in total. The summed E-state index contributed by atoms with van der Waals surface area (Å²) >= 11 is 0. The van der Waals surface area contributed by atoms with Crippen molar-refractivity contribution in [3.63, 3.8) is 0 Å². The van der Waals surface area contributed by atoms with Crippen molar-refractivity contribution in [1.29, 1.82) is 5.26 Å². The van der Waals surface area contributed by atoms with Crippen LogP contribution in [0.15, 0.2) is 150 Å². The number of hydrogen-bond acceptors (Lipinski definition) is 4. The number of nitriles is 1. The Balaban J connectivity index is 1.22.